The second-order valence-electron chi connectivity index (χ2n) is 2.22. The first-order chi connectivity index (χ1) is 4.33. The van der Waals surface area contributed by atoms with E-state index in [9.17, 15) is 13.6 Å². The van der Waals surface area contributed by atoms with Gasteiger partial charge in [0.15, 0.2) is 0 Å². The molecule has 0 aromatic carbocycles. The predicted octanol–water partition coefficient (Wildman–Crippen LogP) is 1.02. The van der Waals surface area contributed by atoms with Crippen molar-refractivity contribution in [3.05, 3.63) is 0 Å². The fourth-order valence-corrected chi connectivity index (χ4v) is 0.473. The highest BCUT2D eigenvalue weighted by Gasteiger charge is 2.28. The lowest BCUT2D eigenvalue weighted by atomic mass is 10.1. The Bertz CT molecular complexity index is 137. The molecule has 0 heterocycles. The highest BCUT2D eigenvalue weighted by molar-refractivity contribution is 8.93. The largest absolute Gasteiger partial charge is 0.480 e. The summed E-state index contributed by atoms with van der Waals surface area (Å²) in [5.41, 5.74) is 4.82. The molecule has 0 fully saturated rings. The quantitative estimate of drug-likeness (QED) is 0.766. The molecule has 0 amide bonds. The van der Waals surface area contributed by atoms with E-state index in [4.69, 9.17) is 10.8 Å². The average molecular weight is 234 g/mol. The Morgan fingerprint density at radius 2 is 2.09 bits per heavy atom. The van der Waals surface area contributed by atoms with Gasteiger partial charge in [0.1, 0.15) is 6.04 Å². The number of carboxylic acid groups (broad SMARTS) is 1. The normalized spacial score (nSPS) is 13.5. The minimum atomic E-state index is -3.00. The maximum atomic E-state index is 12.0. The van der Waals surface area contributed by atoms with Crippen molar-refractivity contribution in [1.29, 1.82) is 0 Å². The lowest BCUT2D eigenvalue weighted by Crippen LogP contribution is -2.35. The summed E-state index contributed by atoms with van der Waals surface area (Å²) in [6.45, 7) is 0.635. The van der Waals surface area contributed by atoms with Crippen molar-refractivity contribution >= 4 is 23.0 Å². The molecule has 0 aliphatic heterocycles. The van der Waals surface area contributed by atoms with Crippen LogP contribution >= 0.6 is 17.0 Å². The van der Waals surface area contributed by atoms with Gasteiger partial charge >= 0.3 is 5.97 Å². The summed E-state index contributed by atoms with van der Waals surface area (Å²) in [5, 5.41) is 8.09. The number of rotatable bonds is 3. The van der Waals surface area contributed by atoms with Gasteiger partial charge in [0.25, 0.3) is 0 Å². The van der Waals surface area contributed by atoms with Crippen molar-refractivity contribution in [3.8, 4) is 0 Å². The third-order valence-corrected chi connectivity index (χ3v) is 0.896. The third-order valence-electron chi connectivity index (χ3n) is 0.896. The van der Waals surface area contributed by atoms with Crippen LogP contribution in [0.5, 0.6) is 0 Å². The van der Waals surface area contributed by atoms with Crippen molar-refractivity contribution in [2.75, 3.05) is 0 Å². The first kappa shape index (κ1) is 13.4. The van der Waals surface area contributed by atoms with Gasteiger partial charge in [-0.3, -0.25) is 4.79 Å². The van der Waals surface area contributed by atoms with Crippen LogP contribution in [0.3, 0.4) is 0 Å². The summed E-state index contributed by atoms with van der Waals surface area (Å²) in [6.07, 6.45) is -0.817. The van der Waals surface area contributed by atoms with Gasteiger partial charge in [0, 0.05) is 6.42 Å². The Balaban J connectivity index is 0. The molecule has 0 rings (SSSR count). The number of carboxylic acids is 1. The van der Waals surface area contributed by atoms with E-state index in [1.165, 1.54) is 0 Å². The molecule has 6 heteroatoms. The molecule has 11 heavy (non-hydrogen) atoms. The summed E-state index contributed by atoms with van der Waals surface area (Å²) in [5.74, 6) is -4.40. The monoisotopic (exact) mass is 233 g/mol. The standard InChI is InChI=1S/C5H9F2NO2.BrH/c1-5(6,7)2-3(8)4(9)10;/h3H,2,8H2,1H3,(H,9,10);1H/t3-;/m0./s1. The minimum Gasteiger partial charge on any atom is -0.480 e. The molecule has 1 atom stereocenters. The fraction of sp³-hybridized carbons (Fsp3) is 0.800. The zero-order valence-corrected chi connectivity index (χ0v) is 7.59. The first-order valence-electron chi connectivity index (χ1n) is 2.69. The number of aliphatic carboxylic acids is 1. The lowest BCUT2D eigenvalue weighted by Gasteiger charge is -2.12. The van der Waals surface area contributed by atoms with Crippen LogP contribution in [0.1, 0.15) is 13.3 Å². The van der Waals surface area contributed by atoms with E-state index in [-0.39, 0.29) is 17.0 Å². The molecular formula is C5H10BrF2NO2. The van der Waals surface area contributed by atoms with Gasteiger partial charge in [-0.1, -0.05) is 0 Å². The van der Waals surface area contributed by atoms with E-state index in [1.54, 1.807) is 0 Å². The van der Waals surface area contributed by atoms with Crippen molar-refractivity contribution in [2.45, 2.75) is 25.3 Å². The number of halogens is 3. The Morgan fingerprint density at radius 3 is 2.18 bits per heavy atom. The smallest absolute Gasteiger partial charge is 0.320 e. The van der Waals surface area contributed by atoms with Crippen molar-refractivity contribution in [3.63, 3.8) is 0 Å². The second kappa shape index (κ2) is 4.61. The van der Waals surface area contributed by atoms with Crippen LogP contribution in [0.4, 0.5) is 8.78 Å². The van der Waals surface area contributed by atoms with Crippen LogP contribution in [0.25, 0.3) is 0 Å². The molecule has 0 radical (unpaired) electrons. The topological polar surface area (TPSA) is 63.3 Å². The Labute approximate surface area is 73.3 Å². The van der Waals surface area contributed by atoms with Gasteiger partial charge in [-0.2, -0.15) is 0 Å². The van der Waals surface area contributed by atoms with E-state index >= 15 is 0 Å². The van der Waals surface area contributed by atoms with E-state index < -0.39 is 24.4 Å². The molecule has 0 aliphatic carbocycles. The molecule has 3 nitrogen and oxygen atoms in total. The van der Waals surface area contributed by atoms with Gasteiger partial charge in [-0.25, -0.2) is 8.78 Å². The number of alkyl halides is 2. The zero-order valence-electron chi connectivity index (χ0n) is 5.88. The highest BCUT2D eigenvalue weighted by atomic mass is 79.9. The van der Waals surface area contributed by atoms with Gasteiger partial charge in [-0.15, -0.1) is 17.0 Å². The van der Waals surface area contributed by atoms with E-state index in [1.807, 2.05) is 0 Å². The fourth-order valence-electron chi connectivity index (χ4n) is 0.473. The molecule has 0 unspecified atom stereocenters. The third kappa shape index (κ3) is 7.67. The molecule has 0 saturated carbocycles. The number of hydrogen-bond acceptors (Lipinski definition) is 2. The van der Waals surface area contributed by atoms with Crippen LogP contribution in [-0.2, 0) is 4.79 Å². The first-order valence-corrected chi connectivity index (χ1v) is 2.69. The van der Waals surface area contributed by atoms with Crippen molar-refractivity contribution in [2.24, 2.45) is 5.73 Å². The minimum absolute atomic E-state index is 0. The number of nitrogens with two attached hydrogens (primary N) is 1. The molecule has 0 spiro atoms. The van der Waals surface area contributed by atoms with Crippen LogP contribution in [0, 0.1) is 0 Å². The second-order valence-corrected chi connectivity index (χ2v) is 2.22. The zero-order chi connectivity index (χ0) is 8.36. The summed E-state index contributed by atoms with van der Waals surface area (Å²) in [4.78, 5) is 9.92. The van der Waals surface area contributed by atoms with Gasteiger partial charge in [0.2, 0.25) is 5.92 Å². The number of carbonyl (C=O) groups is 1. The summed E-state index contributed by atoms with van der Waals surface area (Å²) >= 11 is 0. The van der Waals surface area contributed by atoms with Crippen LogP contribution in [0.15, 0.2) is 0 Å². The van der Waals surface area contributed by atoms with Crippen LogP contribution in [0.2, 0.25) is 0 Å². The molecule has 0 bridgehead atoms. The van der Waals surface area contributed by atoms with Crippen LogP contribution < -0.4 is 5.73 Å². The van der Waals surface area contributed by atoms with E-state index in [0.717, 1.165) is 0 Å². The van der Waals surface area contributed by atoms with Gasteiger partial charge in [0.05, 0.1) is 0 Å². The Hall–Kier alpha value is -0.230. The summed E-state index contributed by atoms with van der Waals surface area (Å²) < 4.78 is 24.0. The lowest BCUT2D eigenvalue weighted by molar-refractivity contribution is -0.140. The highest BCUT2D eigenvalue weighted by Crippen LogP contribution is 2.17. The van der Waals surface area contributed by atoms with Crippen LogP contribution in [-0.4, -0.2) is 23.0 Å². The maximum absolute atomic E-state index is 12.0. The Morgan fingerprint density at radius 1 is 1.73 bits per heavy atom. The molecule has 0 aromatic heterocycles. The predicted molar refractivity (Wildman–Crippen MR) is 41.2 cm³/mol. The van der Waals surface area contributed by atoms with E-state index in [2.05, 4.69) is 0 Å². The summed E-state index contributed by atoms with van der Waals surface area (Å²) in [6, 6.07) is -1.47. The van der Waals surface area contributed by atoms with Gasteiger partial charge < -0.3 is 10.8 Å². The molecular weight excluding hydrogens is 224 g/mol. The molecule has 3 N–H and O–H groups in total. The maximum Gasteiger partial charge on any atom is 0.320 e. The van der Waals surface area contributed by atoms with Gasteiger partial charge in [-0.05, 0) is 6.92 Å². The average Bonchev–Trinajstić information content (AvgIpc) is 1.60. The molecule has 68 valence electrons. The van der Waals surface area contributed by atoms with Crippen molar-refractivity contribution in [1.82, 2.24) is 0 Å². The molecule has 0 aromatic rings. The molecule has 0 saturated heterocycles. The summed E-state index contributed by atoms with van der Waals surface area (Å²) in [7, 11) is 0. The SMILES string of the molecule is Br.CC(F)(F)C[C@H](N)C(=O)O. The Kier molecular flexibility index (Phi) is 5.60. The number of hydrogen-bond donors (Lipinski definition) is 2. The van der Waals surface area contributed by atoms with Crippen molar-refractivity contribution < 1.29 is 18.7 Å². The molecule has 0 aliphatic rings. The van der Waals surface area contributed by atoms with E-state index in [0.29, 0.717) is 6.92 Å².